The highest BCUT2D eigenvalue weighted by atomic mass is 19.4. The summed E-state index contributed by atoms with van der Waals surface area (Å²) >= 11 is 0. The van der Waals surface area contributed by atoms with Crippen LogP contribution in [0.2, 0.25) is 0 Å². The van der Waals surface area contributed by atoms with Crippen molar-refractivity contribution < 1.29 is 13.2 Å². The van der Waals surface area contributed by atoms with Gasteiger partial charge in [0, 0.05) is 23.6 Å². The Morgan fingerprint density at radius 3 is 2.48 bits per heavy atom. The predicted molar refractivity (Wildman–Crippen MR) is 75.2 cm³/mol. The third-order valence-electron chi connectivity index (χ3n) is 3.04. The second kappa shape index (κ2) is 5.12. The molecule has 0 amide bonds. The van der Waals surface area contributed by atoms with Crippen LogP contribution < -0.4 is 5.32 Å². The number of imidazole rings is 1. The lowest BCUT2D eigenvalue weighted by molar-refractivity contribution is -0.115. The summed E-state index contributed by atoms with van der Waals surface area (Å²) in [5.74, 6) is 0. The lowest BCUT2D eigenvalue weighted by Gasteiger charge is -2.09. The van der Waals surface area contributed by atoms with Crippen LogP contribution in [-0.4, -0.2) is 22.1 Å². The van der Waals surface area contributed by atoms with E-state index in [1.165, 1.54) is 0 Å². The molecule has 1 aromatic carbocycles. The van der Waals surface area contributed by atoms with Gasteiger partial charge in [0.1, 0.15) is 12.2 Å². The van der Waals surface area contributed by atoms with Crippen LogP contribution in [0.3, 0.4) is 0 Å². The molecule has 6 heteroatoms. The normalized spacial score (nSPS) is 11.8. The molecule has 108 valence electrons. The van der Waals surface area contributed by atoms with Crippen LogP contribution >= 0.6 is 0 Å². The van der Waals surface area contributed by atoms with Crippen LogP contribution in [0.5, 0.6) is 0 Å². The number of aromatic nitrogens is 2. The van der Waals surface area contributed by atoms with E-state index in [9.17, 15) is 13.2 Å². The van der Waals surface area contributed by atoms with Crippen molar-refractivity contribution in [1.82, 2.24) is 9.38 Å². The molecule has 0 aliphatic rings. The number of pyridine rings is 1. The summed E-state index contributed by atoms with van der Waals surface area (Å²) in [6.07, 6.45) is -0.446. The van der Waals surface area contributed by atoms with Crippen LogP contribution in [0.4, 0.5) is 18.9 Å². The van der Waals surface area contributed by atoms with E-state index >= 15 is 0 Å². The lowest BCUT2D eigenvalue weighted by atomic mass is 10.1. The summed E-state index contributed by atoms with van der Waals surface area (Å²) in [6, 6.07) is 12.4. The molecule has 2 aromatic heterocycles. The quantitative estimate of drug-likeness (QED) is 0.791. The van der Waals surface area contributed by atoms with Crippen LogP contribution in [0.15, 0.2) is 54.9 Å². The van der Waals surface area contributed by atoms with E-state index in [1.54, 1.807) is 24.3 Å². The van der Waals surface area contributed by atoms with Crippen molar-refractivity contribution in [3.63, 3.8) is 0 Å². The molecule has 0 atom stereocenters. The fraction of sp³-hybridized carbons (Fsp3) is 0.133. The van der Waals surface area contributed by atoms with Gasteiger partial charge in [-0.15, -0.1) is 0 Å². The van der Waals surface area contributed by atoms with Gasteiger partial charge in [0.2, 0.25) is 0 Å². The molecule has 0 saturated carbocycles. The number of fused-ring (bicyclic) bond motifs is 1. The second-order valence-corrected chi connectivity index (χ2v) is 4.64. The summed E-state index contributed by atoms with van der Waals surface area (Å²) in [4.78, 5) is 4.46. The third kappa shape index (κ3) is 3.16. The highest BCUT2D eigenvalue weighted by molar-refractivity contribution is 5.65. The molecule has 0 spiro atoms. The average Bonchev–Trinajstić information content (AvgIpc) is 2.89. The van der Waals surface area contributed by atoms with Crippen molar-refractivity contribution in [2.45, 2.75) is 6.18 Å². The molecule has 21 heavy (non-hydrogen) atoms. The van der Waals surface area contributed by atoms with Gasteiger partial charge >= 0.3 is 6.18 Å². The number of rotatable bonds is 3. The molecular weight excluding hydrogens is 279 g/mol. The summed E-state index contributed by atoms with van der Waals surface area (Å²) in [6.45, 7) is -1.04. The van der Waals surface area contributed by atoms with Crippen molar-refractivity contribution in [1.29, 1.82) is 0 Å². The molecule has 1 N–H and O–H groups in total. The number of nitrogens with one attached hydrogen (secondary N) is 1. The molecular formula is C15H12F3N3. The largest absolute Gasteiger partial charge is 0.405 e. The van der Waals surface area contributed by atoms with Crippen LogP contribution in [-0.2, 0) is 0 Å². The first kappa shape index (κ1) is 13.5. The van der Waals surface area contributed by atoms with E-state index in [2.05, 4.69) is 10.3 Å². The summed E-state index contributed by atoms with van der Waals surface area (Å²) in [7, 11) is 0. The Kier molecular flexibility index (Phi) is 3.29. The Morgan fingerprint density at radius 2 is 1.81 bits per heavy atom. The fourth-order valence-corrected chi connectivity index (χ4v) is 2.03. The van der Waals surface area contributed by atoms with Crippen molar-refractivity contribution in [2.75, 3.05) is 11.9 Å². The van der Waals surface area contributed by atoms with E-state index in [0.29, 0.717) is 5.69 Å². The van der Waals surface area contributed by atoms with Crippen LogP contribution in [0, 0.1) is 0 Å². The summed E-state index contributed by atoms with van der Waals surface area (Å²) in [5, 5.41) is 2.34. The highest BCUT2D eigenvalue weighted by Gasteiger charge is 2.26. The number of benzene rings is 1. The van der Waals surface area contributed by atoms with Crippen molar-refractivity contribution >= 4 is 11.3 Å². The van der Waals surface area contributed by atoms with E-state index in [-0.39, 0.29) is 0 Å². The number of anilines is 1. The first-order valence-electron chi connectivity index (χ1n) is 6.36. The van der Waals surface area contributed by atoms with Crippen LogP contribution in [0.1, 0.15) is 0 Å². The monoisotopic (exact) mass is 291 g/mol. The maximum Gasteiger partial charge on any atom is 0.405 e. The summed E-state index contributed by atoms with van der Waals surface area (Å²) in [5.41, 5.74) is 2.89. The van der Waals surface area contributed by atoms with Gasteiger partial charge in [0.15, 0.2) is 0 Å². The number of hydrogen-bond donors (Lipinski definition) is 1. The number of alkyl halides is 3. The van der Waals surface area contributed by atoms with E-state index in [0.717, 1.165) is 16.9 Å². The van der Waals surface area contributed by atoms with Gasteiger partial charge in [0.25, 0.3) is 0 Å². The zero-order chi connectivity index (χ0) is 14.9. The molecule has 0 bridgehead atoms. The maximum absolute atomic E-state index is 12.1. The Hall–Kier alpha value is -2.50. The van der Waals surface area contributed by atoms with E-state index < -0.39 is 12.7 Å². The van der Waals surface area contributed by atoms with E-state index in [4.69, 9.17) is 0 Å². The second-order valence-electron chi connectivity index (χ2n) is 4.64. The Balaban J connectivity index is 1.80. The minimum Gasteiger partial charge on any atom is -0.376 e. The molecule has 0 unspecified atom stereocenters. The minimum absolute atomic E-state index is 0.430. The number of halogens is 3. The third-order valence-corrected chi connectivity index (χ3v) is 3.04. The first-order chi connectivity index (χ1) is 10.0. The molecule has 0 fully saturated rings. The van der Waals surface area contributed by atoms with Gasteiger partial charge in [-0.05, 0) is 24.3 Å². The molecule has 3 rings (SSSR count). The molecule has 2 heterocycles. The standard InChI is InChI=1S/C15H12F3N3/c16-15(17,18)10-19-12-6-4-11(5-7-12)13-9-21-8-2-1-3-14(21)20-13/h1-9,19H,10H2. The zero-order valence-corrected chi connectivity index (χ0v) is 10.9. The van der Waals surface area contributed by atoms with Crippen molar-refractivity contribution in [3.8, 4) is 11.3 Å². The SMILES string of the molecule is FC(F)(F)CNc1ccc(-c2cn3ccccc3n2)cc1. The Morgan fingerprint density at radius 1 is 1.05 bits per heavy atom. The molecule has 0 saturated heterocycles. The van der Waals surface area contributed by atoms with Gasteiger partial charge in [-0.3, -0.25) is 0 Å². The average molecular weight is 291 g/mol. The highest BCUT2D eigenvalue weighted by Crippen LogP contribution is 2.22. The predicted octanol–water partition coefficient (Wildman–Crippen LogP) is 3.98. The Labute approximate surface area is 119 Å². The minimum atomic E-state index is -4.22. The zero-order valence-electron chi connectivity index (χ0n) is 10.9. The van der Waals surface area contributed by atoms with Crippen LogP contribution in [0.25, 0.3) is 16.9 Å². The number of nitrogens with zero attached hydrogens (tertiary/aromatic N) is 2. The van der Waals surface area contributed by atoms with Gasteiger partial charge in [-0.1, -0.05) is 18.2 Å². The molecule has 0 aliphatic heterocycles. The molecule has 0 aliphatic carbocycles. The lowest BCUT2D eigenvalue weighted by Crippen LogP contribution is -2.21. The molecule has 3 nitrogen and oxygen atoms in total. The first-order valence-corrected chi connectivity index (χ1v) is 6.36. The van der Waals surface area contributed by atoms with E-state index in [1.807, 2.05) is 35.0 Å². The Bertz CT molecular complexity index is 712. The van der Waals surface area contributed by atoms with Crippen molar-refractivity contribution in [2.24, 2.45) is 0 Å². The topological polar surface area (TPSA) is 29.3 Å². The van der Waals surface area contributed by atoms with Crippen molar-refractivity contribution in [3.05, 3.63) is 54.9 Å². The van der Waals surface area contributed by atoms with Gasteiger partial charge in [-0.2, -0.15) is 13.2 Å². The molecule has 3 aromatic rings. The van der Waals surface area contributed by atoms with Gasteiger partial charge in [-0.25, -0.2) is 4.98 Å². The maximum atomic E-state index is 12.1. The molecule has 0 radical (unpaired) electrons. The smallest absolute Gasteiger partial charge is 0.376 e. The van der Waals surface area contributed by atoms with Gasteiger partial charge in [0.05, 0.1) is 5.69 Å². The van der Waals surface area contributed by atoms with Gasteiger partial charge < -0.3 is 9.72 Å². The summed E-state index contributed by atoms with van der Waals surface area (Å²) < 4.78 is 38.3. The number of hydrogen-bond acceptors (Lipinski definition) is 2. The fourth-order valence-electron chi connectivity index (χ4n) is 2.03.